The fourth-order valence-electron chi connectivity index (χ4n) is 4.00. The van der Waals surface area contributed by atoms with Crippen molar-refractivity contribution in [3.8, 4) is 22.4 Å². The second kappa shape index (κ2) is 9.88. The van der Waals surface area contributed by atoms with Crippen LogP contribution in [0.5, 0.6) is 0 Å². The van der Waals surface area contributed by atoms with Crippen molar-refractivity contribution in [2.45, 2.75) is 6.92 Å². The number of urea groups is 1. The van der Waals surface area contributed by atoms with Gasteiger partial charge in [0.2, 0.25) is 0 Å². The molecule has 35 heavy (non-hydrogen) atoms. The summed E-state index contributed by atoms with van der Waals surface area (Å²) in [4.78, 5) is 27.2. The molecule has 1 aromatic carbocycles. The molecule has 0 unspecified atom stereocenters. The molecule has 4 aromatic rings. The fourth-order valence-corrected chi connectivity index (χ4v) is 4.98. The average molecular weight is 496 g/mol. The van der Waals surface area contributed by atoms with Crippen LogP contribution in [-0.2, 0) is 0 Å². The molecule has 11 heteroatoms. The van der Waals surface area contributed by atoms with Gasteiger partial charge >= 0.3 is 6.03 Å². The molecule has 3 N–H and O–H groups in total. The van der Waals surface area contributed by atoms with Gasteiger partial charge in [-0.05, 0) is 37.3 Å². The molecule has 8 nitrogen and oxygen atoms in total. The Morgan fingerprint density at radius 1 is 1.17 bits per heavy atom. The number of rotatable bonds is 5. The highest BCUT2D eigenvalue weighted by atomic mass is 32.1. The van der Waals surface area contributed by atoms with E-state index in [4.69, 9.17) is 0 Å². The first-order valence-corrected chi connectivity index (χ1v) is 12.1. The van der Waals surface area contributed by atoms with Crippen LogP contribution >= 0.6 is 11.3 Å². The van der Waals surface area contributed by atoms with Gasteiger partial charge in [-0.15, -0.1) is 0 Å². The number of anilines is 2. The molecule has 1 aliphatic heterocycles. The van der Waals surface area contributed by atoms with Crippen molar-refractivity contribution < 1.29 is 13.6 Å². The Morgan fingerprint density at radius 3 is 2.71 bits per heavy atom. The number of amides is 2. The number of piperazine rings is 1. The highest BCUT2D eigenvalue weighted by molar-refractivity contribution is 7.22. The van der Waals surface area contributed by atoms with Crippen molar-refractivity contribution in [2.24, 2.45) is 0 Å². The van der Waals surface area contributed by atoms with Crippen LogP contribution < -0.4 is 20.9 Å². The largest absolute Gasteiger partial charge is 0.354 e. The first-order chi connectivity index (χ1) is 17.0. The minimum atomic E-state index is -0.572. The molecule has 1 fully saturated rings. The number of pyridine rings is 2. The molecule has 4 heterocycles. The smallest absolute Gasteiger partial charge is 0.321 e. The SMILES string of the molecule is CCNC(=O)Nc1nc2c(F)c(-c3ccc(N4CCNCC4)nc3)cc(-c3ncccc3F)c2s1. The summed E-state index contributed by atoms with van der Waals surface area (Å²) in [6.07, 6.45) is 3.09. The molecule has 0 radical (unpaired) electrons. The van der Waals surface area contributed by atoms with E-state index >= 15 is 4.39 Å². The summed E-state index contributed by atoms with van der Waals surface area (Å²) in [5, 5.41) is 8.72. The molecular weight excluding hydrogens is 472 g/mol. The fraction of sp³-hybridized carbons (Fsp3) is 0.250. The van der Waals surface area contributed by atoms with Crippen molar-refractivity contribution >= 4 is 38.5 Å². The molecule has 0 bridgehead atoms. The van der Waals surface area contributed by atoms with Gasteiger partial charge in [-0.3, -0.25) is 10.3 Å². The van der Waals surface area contributed by atoms with Gasteiger partial charge in [0.1, 0.15) is 22.8 Å². The molecular formula is C24H23F2N7OS. The Balaban J connectivity index is 1.61. The number of halogens is 2. The normalized spacial score (nSPS) is 13.7. The lowest BCUT2D eigenvalue weighted by atomic mass is 10.0. The van der Waals surface area contributed by atoms with E-state index in [1.165, 1.54) is 18.3 Å². The zero-order chi connectivity index (χ0) is 24.4. The lowest BCUT2D eigenvalue weighted by molar-refractivity contribution is 0.252. The van der Waals surface area contributed by atoms with E-state index in [0.29, 0.717) is 22.4 Å². The van der Waals surface area contributed by atoms with E-state index in [1.54, 1.807) is 25.3 Å². The first kappa shape index (κ1) is 23.1. The maximum atomic E-state index is 15.8. The summed E-state index contributed by atoms with van der Waals surface area (Å²) in [5.41, 5.74) is 1.27. The topological polar surface area (TPSA) is 95.1 Å². The van der Waals surface area contributed by atoms with Gasteiger partial charge in [-0.25, -0.2) is 23.5 Å². The number of fused-ring (bicyclic) bond motifs is 1. The Morgan fingerprint density at radius 2 is 2.00 bits per heavy atom. The monoisotopic (exact) mass is 495 g/mol. The quantitative estimate of drug-likeness (QED) is 0.383. The maximum absolute atomic E-state index is 15.8. The third-order valence-corrected chi connectivity index (χ3v) is 6.68. The number of hydrogen-bond acceptors (Lipinski definition) is 7. The second-order valence-electron chi connectivity index (χ2n) is 7.94. The third-order valence-electron chi connectivity index (χ3n) is 5.68. The highest BCUT2D eigenvalue weighted by Gasteiger charge is 2.22. The van der Waals surface area contributed by atoms with Crippen molar-refractivity contribution in [2.75, 3.05) is 42.9 Å². The van der Waals surface area contributed by atoms with Crippen LogP contribution in [0, 0.1) is 11.6 Å². The number of nitrogens with one attached hydrogen (secondary N) is 3. The Kier molecular flexibility index (Phi) is 6.51. The van der Waals surface area contributed by atoms with Crippen molar-refractivity contribution in [3.05, 3.63) is 54.4 Å². The molecule has 1 saturated heterocycles. The van der Waals surface area contributed by atoms with Gasteiger partial charge in [0, 0.05) is 61.8 Å². The number of benzene rings is 1. The number of hydrogen-bond donors (Lipinski definition) is 3. The van der Waals surface area contributed by atoms with Crippen LogP contribution in [0.25, 0.3) is 32.6 Å². The Bertz CT molecular complexity index is 1370. The summed E-state index contributed by atoms with van der Waals surface area (Å²) in [7, 11) is 0. The van der Waals surface area contributed by atoms with Crippen LogP contribution in [0.3, 0.4) is 0 Å². The van der Waals surface area contributed by atoms with Crippen LogP contribution in [0.2, 0.25) is 0 Å². The third kappa shape index (κ3) is 4.64. The summed E-state index contributed by atoms with van der Waals surface area (Å²) < 4.78 is 30.9. The number of nitrogens with zero attached hydrogens (tertiary/aromatic N) is 4. The Labute approximate surface area is 204 Å². The number of thiazole rings is 1. The molecule has 1 aliphatic rings. The minimum Gasteiger partial charge on any atom is -0.354 e. The van der Waals surface area contributed by atoms with Gasteiger partial charge in [0.05, 0.1) is 4.70 Å². The van der Waals surface area contributed by atoms with Crippen molar-refractivity contribution in [1.29, 1.82) is 0 Å². The van der Waals surface area contributed by atoms with Crippen LogP contribution in [0.1, 0.15) is 6.92 Å². The summed E-state index contributed by atoms with van der Waals surface area (Å²) in [6.45, 7) is 5.66. The number of carbonyl (C=O) groups is 1. The van der Waals surface area contributed by atoms with E-state index in [0.717, 1.165) is 43.3 Å². The second-order valence-corrected chi connectivity index (χ2v) is 8.94. The summed E-state index contributed by atoms with van der Waals surface area (Å²) >= 11 is 1.06. The van der Waals surface area contributed by atoms with Crippen molar-refractivity contribution in [3.63, 3.8) is 0 Å². The average Bonchev–Trinajstić information content (AvgIpc) is 3.30. The molecule has 0 spiro atoms. The van der Waals surface area contributed by atoms with E-state index in [1.807, 2.05) is 6.07 Å². The number of aromatic nitrogens is 3. The molecule has 0 aliphatic carbocycles. The molecule has 180 valence electrons. The zero-order valence-corrected chi connectivity index (χ0v) is 19.8. The van der Waals surface area contributed by atoms with Crippen molar-refractivity contribution in [1.82, 2.24) is 25.6 Å². The molecule has 0 atom stereocenters. The van der Waals surface area contributed by atoms with Gasteiger partial charge < -0.3 is 15.5 Å². The predicted molar refractivity (Wildman–Crippen MR) is 134 cm³/mol. The molecule has 0 saturated carbocycles. The maximum Gasteiger partial charge on any atom is 0.321 e. The predicted octanol–water partition coefficient (Wildman–Crippen LogP) is 4.25. The summed E-state index contributed by atoms with van der Waals surface area (Å²) in [6, 6.07) is 7.56. The minimum absolute atomic E-state index is 0.0329. The molecule has 2 amide bonds. The zero-order valence-electron chi connectivity index (χ0n) is 18.9. The first-order valence-electron chi connectivity index (χ1n) is 11.3. The van der Waals surface area contributed by atoms with Crippen LogP contribution in [0.4, 0.5) is 24.5 Å². The Hall–Kier alpha value is -3.70. The van der Waals surface area contributed by atoms with Gasteiger partial charge in [-0.2, -0.15) is 0 Å². The summed E-state index contributed by atoms with van der Waals surface area (Å²) in [5.74, 6) is -0.294. The highest BCUT2D eigenvalue weighted by Crippen LogP contribution is 2.41. The van der Waals surface area contributed by atoms with Gasteiger partial charge in [0.25, 0.3) is 0 Å². The standard InChI is InChI=1S/C24H23F2N7OS/c1-2-28-23(34)32-24-31-21-19(26)15(12-16(22(21)35-24)20-17(25)4-3-7-29-20)14-5-6-18(30-13-14)33-10-8-27-9-11-33/h3-7,12-13,27H,2,8-11H2,1H3,(H2,28,31,32,34). The molecule has 3 aromatic heterocycles. The lowest BCUT2D eigenvalue weighted by Gasteiger charge is -2.28. The van der Waals surface area contributed by atoms with E-state index in [9.17, 15) is 9.18 Å². The van der Waals surface area contributed by atoms with E-state index < -0.39 is 17.7 Å². The van der Waals surface area contributed by atoms with Gasteiger partial charge in [0.15, 0.2) is 10.9 Å². The van der Waals surface area contributed by atoms with E-state index in [2.05, 4.69) is 35.8 Å². The van der Waals surface area contributed by atoms with Crippen LogP contribution in [0.15, 0.2) is 42.7 Å². The van der Waals surface area contributed by atoms with E-state index in [-0.39, 0.29) is 21.9 Å². The van der Waals surface area contributed by atoms with Crippen LogP contribution in [-0.4, -0.2) is 53.7 Å². The molecule has 5 rings (SSSR count). The number of carbonyl (C=O) groups excluding carboxylic acids is 1. The van der Waals surface area contributed by atoms with Gasteiger partial charge in [-0.1, -0.05) is 11.3 Å². The lowest BCUT2D eigenvalue weighted by Crippen LogP contribution is -2.43.